The summed E-state index contributed by atoms with van der Waals surface area (Å²) in [4.78, 5) is 26.7. The first-order valence-corrected chi connectivity index (χ1v) is 9.02. The first-order chi connectivity index (χ1) is 13.5. The van der Waals surface area contributed by atoms with Crippen molar-refractivity contribution in [3.8, 4) is 17.2 Å². The summed E-state index contributed by atoms with van der Waals surface area (Å²) in [7, 11) is 4.51. The van der Waals surface area contributed by atoms with Crippen LogP contribution in [0.4, 0.5) is 11.4 Å². The molecule has 2 amide bonds. The van der Waals surface area contributed by atoms with Crippen molar-refractivity contribution >= 4 is 34.8 Å². The van der Waals surface area contributed by atoms with Crippen LogP contribution in [0.2, 0.25) is 5.02 Å². The van der Waals surface area contributed by atoms with Crippen LogP contribution in [0.5, 0.6) is 17.2 Å². The average Bonchev–Trinajstić information content (AvgIpc) is 3.09. The summed E-state index contributed by atoms with van der Waals surface area (Å²) in [6, 6.07) is 10.4. The number of ether oxygens (including phenoxy) is 3. The molecule has 1 heterocycles. The predicted octanol–water partition coefficient (Wildman–Crippen LogP) is 3.36. The Morgan fingerprint density at radius 1 is 1.11 bits per heavy atom. The minimum absolute atomic E-state index is 0.113. The number of para-hydroxylation sites is 1. The maximum Gasteiger partial charge on any atom is 0.229 e. The third-order valence-corrected chi connectivity index (χ3v) is 4.89. The van der Waals surface area contributed by atoms with E-state index >= 15 is 0 Å². The quantitative estimate of drug-likeness (QED) is 0.798. The van der Waals surface area contributed by atoms with Gasteiger partial charge in [-0.3, -0.25) is 9.59 Å². The van der Waals surface area contributed by atoms with Crippen LogP contribution in [0.25, 0.3) is 0 Å². The van der Waals surface area contributed by atoms with Crippen molar-refractivity contribution in [2.45, 2.75) is 6.42 Å². The molecule has 148 valence electrons. The van der Waals surface area contributed by atoms with Crippen molar-refractivity contribution < 1.29 is 23.8 Å². The van der Waals surface area contributed by atoms with Crippen LogP contribution in [0.3, 0.4) is 0 Å². The highest BCUT2D eigenvalue weighted by molar-refractivity contribution is 6.33. The number of benzene rings is 2. The number of methoxy groups -OCH3 is 3. The second-order valence-electron chi connectivity index (χ2n) is 6.26. The molecule has 1 atom stereocenters. The van der Waals surface area contributed by atoms with Gasteiger partial charge in [0.15, 0.2) is 11.5 Å². The van der Waals surface area contributed by atoms with E-state index in [1.54, 1.807) is 41.3 Å². The zero-order valence-electron chi connectivity index (χ0n) is 15.8. The standard InChI is InChI=1S/C20H21ClN2O5/c1-26-16-9-13(10-17(27-2)19(16)28-3)22-20(25)12-8-18(24)23(11-12)15-7-5-4-6-14(15)21/h4-7,9-10,12H,8,11H2,1-3H3,(H,22,25)/t12-/m0/s1. The highest BCUT2D eigenvalue weighted by Gasteiger charge is 2.36. The van der Waals surface area contributed by atoms with Gasteiger partial charge >= 0.3 is 0 Å². The number of nitrogens with zero attached hydrogens (tertiary/aromatic N) is 1. The molecule has 0 saturated carbocycles. The van der Waals surface area contributed by atoms with Crippen molar-refractivity contribution in [1.29, 1.82) is 0 Å². The summed E-state index contributed by atoms with van der Waals surface area (Å²) < 4.78 is 15.9. The van der Waals surface area contributed by atoms with E-state index in [2.05, 4.69) is 5.32 Å². The number of hydrogen-bond acceptors (Lipinski definition) is 5. The third-order valence-electron chi connectivity index (χ3n) is 4.57. The Kier molecular flexibility index (Phi) is 5.94. The summed E-state index contributed by atoms with van der Waals surface area (Å²) in [6.07, 6.45) is 0.113. The fourth-order valence-electron chi connectivity index (χ4n) is 3.18. The van der Waals surface area contributed by atoms with Gasteiger partial charge in [0.05, 0.1) is 38.0 Å². The lowest BCUT2D eigenvalue weighted by Gasteiger charge is -2.18. The minimum Gasteiger partial charge on any atom is -0.493 e. The van der Waals surface area contributed by atoms with Crippen LogP contribution >= 0.6 is 11.6 Å². The fourth-order valence-corrected chi connectivity index (χ4v) is 3.42. The smallest absolute Gasteiger partial charge is 0.229 e. The second-order valence-corrected chi connectivity index (χ2v) is 6.67. The van der Waals surface area contributed by atoms with Crippen molar-refractivity contribution in [2.24, 2.45) is 5.92 Å². The van der Waals surface area contributed by atoms with Gasteiger partial charge in [0.2, 0.25) is 17.6 Å². The summed E-state index contributed by atoms with van der Waals surface area (Å²) in [6.45, 7) is 0.263. The number of halogens is 1. The molecule has 0 radical (unpaired) electrons. The van der Waals surface area contributed by atoms with E-state index in [-0.39, 0.29) is 24.8 Å². The van der Waals surface area contributed by atoms with Gasteiger partial charge in [-0.1, -0.05) is 23.7 Å². The Balaban J connectivity index is 1.77. The Labute approximate surface area is 168 Å². The first-order valence-electron chi connectivity index (χ1n) is 8.64. The number of rotatable bonds is 6. The number of anilines is 2. The molecule has 0 aromatic heterocycles. The van der Waals surface area contributed by atoms with E-state index in [0.717, 1.165) is 0 Å². The lowest BCUT2D eigenvalue weighted by molar-refractivity contribution is -0.122. The maximum atomic E-state index is 12.7. The van der Waals surface area contributed by atoms with E-state index in [4.69, 9.17) is 25.8 Å². The Bertz CT molecular complexity index is 877. The van der Waals surface area contributed by atoms with Gasteiger partial charge in [-0.05, 0) is 12.1 Å². The normalized spacial score (nSPS) is 16.1. The Hall–Kier alpha value is -2.93. The lowest BCUT2D eigenvalue weighted by atomic mass is 10.1. The van der Waals surface area contributed by atoms with E-state index in [1.165, 1.54) is 21.3 Å². The summed E-state index contributed by atoms with van der Waals surface area (Å²) in [5, 5.41) is 3.30. The molecule has 0 unspecified atom stereocenters. The van der Waals surface area contributed by atoms with Crippen LogP contribution in [-0.2, 0) is 9.59 Å². The molecule has 1 aliphatic rings. The van der Waals surface area contributed by atoms with Gasteiger partial charge in [0.25, 0.3) is 0 Å². The Morgan fingerprint density at radius 2 is 1.75 bits per heavy atom. The van der Waals surface area contributed by atoms with Crippen LogP contribution in [-0.4, -0.2) is 39.7 Å². The SMILES string of the molecule is COc1cc(NC(=O)[C@H]2CC(=O)N(c3ccccc3Cl)C2)cc(OC)c1OC. The average molecular weight is 405 g/mol. The lowest BCUT2D eigenvalue weighted by Crippen LogP contribution is -2.28. The van der Waals surface area contributed by atoms with Crippen LogP contribution < -0.4 is 24.4 Å². The second kappa shape index (κ2) is 8.39. The monoisotopic (exact) mass is 404 g/mol. The summed E-state index contributed by atoms with van der Waals surface area (Å²) in [5.41, 5.74) is 1.10. The van der Waals surface area contributed by atoms with Gasteiger partial charge in [-0.15, -0.1) is 0 Å². The molecular weight excluding hydrogens is 384 g/mol. The molecule has 28 heavy (non-hydrogen) atoms. The summed E-state index contributed by atoms with van der Waals surface area (Å²) >= 11 is 6.19. The van der Waals surface area contributed by atoms with Gasteiger partial charge in [-0.2, -0.15) is 0 Å². The first kappa shape index (κ1) is 19.8. The molecule has 3 rings (SSSR count). The predicted molar refractivity (Wildman–Crippen MR) is 107 cm³/mol. The molecule has 0 spiro atoms. The molecule has 1 aliphatic heterocycles. The Morgan fingerprint density at radius 3 is 2.32 bits per heavy atom. The van der Waals surface area contributed by atoms with Gasteiger partial charge in [-0.25, -0.2) is 0 Å². The highest BCUT2D eigenvalue weighted by Crippen LogP contribution is 2.40. The van der Waals surface area contributed by atoms with Gasteiger partial charge in [0, 0.05) is 30.8 Å². The van der Waals surface area contributed by atoms with Gasteiger partial charge < -0.3 is 24.4 Å². The molecule has 7 nitrogen and oxygen atoms in total. The van der Waals surface area contributed by atoms with E-state index in [9.17, 15) is 9.59 Å². The topological polar surface area (TPSA) is 77.1 Å². The molecule has 0 bridgehead atoms. The molecule has 2 aromatic carbocycles. The van der Waals surface area contributed by atoms with Gasteiger partial charge in [0.1, 0.15) is 0 Å². The minimum atomic E-state index is -0.497. The van der Waals surface area contributed by atoms with E-state index in [0.29, 0.717) is 33.6 Å². The van der Waals surface area contributed by atoms with Crippen molar-refractivity contribution in [2.75, 3.05) is 38.1 Å². The largest absolute Gasteiger partial charge is 0.493 e. The molecule has 1 saturated heterocycles. The number of hydrogen-bond donors (Lipinski definition) is 1. The van der Waals surface area contributed by atoms with Crippen LogP contribution in [0.15, 0.2) is 36.4 Å². The van der Waals surface area contributed by atoms with Crippen LogP contribution in [0, 0.1) is 5.92 Å². The number of carbonyl (C=O) groups is 2. The molecule has 0 aliphatic carbocycles. The van der Waals surface area contributed by atoms with Crippen molar-refractivity contribution in [1.82, 2.24) is 0 Å². The fraction of sp³-hybridized carbons (Fsp3) is 0.300. The molecular formula is C20H21ClN2O5. The van der Waals surface area contributed by atoms with Crippen LogP contribution in [0.1, 0.15) is 6.42 Å². The molecule has 1 N–H and O–H groups in total. The van der Waals surface area contributed by atoms with Crippen molar-refractivity contribution in [3.63, 3.8) is 0 Å². The molecule has 2 aromatic rings. The number of nitrogens with one attached hydrogen (secondary N) is 1. The zero-order chi connectivity index (χ0) is 20.3. The van der Waals surface area contributed by atoms with E-state index < -0.39 is 5.92 Å². The maximum absolute atomic E-state index is 12.7. The third kappa shape index (κ3) is 3.84. The zero-order valence-corrected chi connectivity index (χ0v) is 16.6. The number of carbonyl (C=O) groups excluding carboxylic acids is 2. The number of amides is 2. The molecule has 8 heteroatoms. The summed E-state index contributed by atoms with van der Waals surface area (Å²) in [5.74, 6) is 0.386. The van der Waals surface area contributed by atoms with E-state index in [1.807, 2.05) is 0 Å². The van der Waals surface area contributed by atoms with Crippen molar-refractivity contribution in [3.05, 3.63) is 41.4 Å². The molecule has 1 fully saturated rings. The highest BCUT2D eigenvalue weighted by atomic mass is 35.5.